The van der Waals surface area contributed by atoms with Gasteiger partial charge in [-0.25, -0.2) is 0 Å². The maximum atomic E-state index is 14.0. The van der Waals surface area contributed by atoms with Gasteiger partial charge >= 0.3 is 0 Å². The number of aromatic nitrogens is 1. The van der Waals surface area contributed by atoms with Gasteiger partial charge in [-0.3, -0.25) is 4.79 Å². The van der Waals surface area contributed by atoms with E-state index in [9.17, 15) is 4.79 Å². The van der Waals surface area contributed by atoms with Crippen molar-refractivity contribution in [2.75, 3.05) is 7.05 Å². The first kappa shape index (κ1) is 23.7. The molecule has 3 atom stereocenters. The highest BCUT2D eigenvalue weighted by Gasteiger charge is 2.39. The van der Waals surface area contributed by atoms with Crippen molar-refractivity contribution in [3.05, 3.63) is 96.1 Å². The molecule has 4 nitrogen and oxygen atoms in total. The molecule has 3 aromatic carbocycles. The number of piperidine rings is 1. The number of fused-ring (bicyclic) bond motifs is 3. The van der Waals surface area contributed by atoms with Gasteiger partial charge in [0.05, 0.1) is 11.3 Å². The zero-order chi connectivity index (χ0) is 23.1. The molecular formula is C30H32ClN3O. The van der Waals surface area contributed by atoms with E-state index < -0.39 is 0 Å². The van der Waals surface area contributed by atoms with E-state index in [4.69, 9.17) is 0 Å². The summed E-state index contributed by atoms with van der Waals surface area (Å²) in [5.74, 6) is 0.0517. The summed E-state index contributed by atoms with van der Waals surface area (Å²) in [6.45, 7) is 0.719. The van der Waals surface area contributed by atoms with E-state index in [1.807, 2.05) is 18.2 Å². The van der Waals surface area contributed by atoms with Crippen LogP contribution in [0.3, 0.4) is 0 Å². The summed E-state index contributed by atoms with van der Waals surface area (Å²) < 4.78 is 2.31. The maximum absolute atomic E-state index is 14.0. The fraction of sp³-hybridized carbons (Fsp3) is 0.300. The Labute approximate surface area is 213 Å². The number of carbonyl (C=O) groups excluding carboxylic acids is 1. The first-order valence-corrected chi connectivity index (χ1v) is 12.4. The van der Waals surface area contributed by atoms with E-state index in [1.165, 1.54) is 18.4 Å². The number of para-hydroxylation sites is 1. The molecule has 2 aliphatic rings. The summed E-state index contributed by atoms with van der Waals surface area (Å²) in [4.78, 5) is 16.5. The summed E-state index contributed by atoms with van der Waals surface area (Å²) in [5.41, 5.74) is 5.18. The topological polar surface area (TPSA) is 37.3 Å². The van der Waals surface area contributed by atoms with Crippen LogP contribution in [0.1, 0.15) is 41.6 Å². The highest BCUT2D eigenvalue weighted by atomic mass is 35.5. The van der Waals surface area contributed by atoms with Crippen molar-refractivity contribution in [3.8, 4) is 11.3 Å². The van der Waals surface area contributed by atoms with Crippen LogP contribution in [0.5, 0.6) is 0 Å². The van der Waals surface area contributed by atoms with Gasteiger partial charge in [0.25, 0.3) is 5.91 Å². The second kappa shape index (κ2) is 9.88. The minimum atomic E-state index is 0. The summed E-state index contributed by atoms with van der Waals surface area (Å²) >= 11 is 0. The van der Waals surface area contributed by atoms with Gasteiger partial charge in [0, 0.05) is 35.6 Å². The Hall–Kier alpha value is -3.08. The number of halogens is 1. The van der Waals surface area contributed by atoms with Gasteiger partial charge in [0.15, 0.2) is 0 Å². The van der Waals surface area contributed by atoms with Crippen LogP contribution in [0.2, 0.25) is 0 Å². The predicted molar refractivity (Wildman–Crippen MR) is 145 cm³/mol. The minimum Gasteiger partial charge on any atom is -0.349 e. The molecule has 0 aliphatic carbocycles. The molecule has 35 heavy (non-hydrogen) atoms. The lowest BCUT2D eigenvalue weighted by Crippen LogP contribution is -2.48. The predicted octanol–water partition coefficient (Wildman–Crippen LogP) is 6.13. The van der Waals surface area contributed by atoms with Crippen molar-refractivity contribution >= 4 is 29.2 Å². The Morgan fingerprint density at radius 1 is 0.857 bits per heavy atom. The Morgan fingerprint density at radius 2 is 1.46 bits per heavy atom. The fourth-order valence-electron chi connectivity index (χ4n) is 6.15. The van der Waals surface area contributed by atoms with E-state index in [0.717, 1.165) is 47.1 Å². The van der Waals surface area contributed by atoms with Gasteiger partial charge < -0.3 is 14.8 Å². The van der Waals surface area contributed by atoms with Crippen molar-refractivity contribution in [3.63, 3.8) is 0 Å². The van der Waals surface area contributed by atoms with E-state index in [2.05, 4.69) is 88.6 Å². The molecule has 6 rings (SSSR count). The Balaban J connectivity index is 0.00000253. The summed E-state index contributed by atoms with van der Waals surface area (Å²) in [5, 5.41) is 4.48. The van der Waals surface area contributed by atoms with E-state index >= 15 is 0 Å². The number of hydrogen-bond donors (Lipinski definition) is 1. The van der Waals surface area contributed by atoms with Crippen LogP contribution < -0.4 is 5.32 Å². The molecule has 1 amide bonds. The highest BCUT2D eigenvalue weighted by molar-refractivity contribution is 6.13. The summed E-state index contributed by atoms with van der Waals surface area (Å²) in [7, 11) is 2.24. The average molecular weight is 486 g/mol. The van der Waals surface area contributed by atoms with Gasteiger partial charge in [0.2, 0.25) is 0 Å². The largest absolute Gasteiger partial charge is 0.349 e. The summed E-state index contributed by atoms with van der Waals surface area (Å²) in [6, 6.07) is 30.6. The van der Waals surface area contributed by atoms with Gasteiger partial charge in [-0.05, 0) is 49.9 Å². The summed E-state index contributed by atoms with van der Waals surface area (Å²) in [6.07, 6.45) is 4.59. The average Bonchev–Trinajstić information content (AvgIpc) is 3.28. The molecule has 2 bridgehead atoms. The monoisotopic (exact) mass is 485 g/mol. The van der Waals surface area contributed by atoms with Crippen molar-refractivity contribution in [1.82, 2.24) is 14.8 Å². The van der Waals surface area contributed by atoms with Crippen molar-refractivity contribution < 1.29 is 4.79 Å². The number of rotatable bonds is 5. The van der Waals surface area contributed by atoms with Crippen LogP contribution >= 0.6 is 12.4 Å². The quantitative estimate of drug-likeness (QED) is 0.369. The number of carbonyl (C=O) groups is 1. The fourth-order valence-corrected chi connectivity index (χ4v) is 6.15. The molecule has 0 saturated carbocycles. The third-order valence-corrected chi connectivity index (χ3v) is 7.86. The number of amides is 1. The smallest absolute Gasteiger partial charge is 0.254 e. The molecule has 4 aromatic rings. The van der Waals surface area contributed by atoms with Crippen molar-refractivity contribution in [1.29, 1.82) is 0 Å². The molecule has 2 aliphatic heterocycles. The van der Waals surface area contributed by atoms with Crippen LogP contribution in [0.15, 0.2) is 84.9 Å². The second-order valence-corrected chi connectivity index (χ2v) is 9.87. The van der Waals surface area contributed by atoms with Crippen LogP contribution in [-0.2, 0) is 6.54 Å². The zero-order valence-corrected chi connectivity index (χ0v) is 20.9. The van der Waals surface area contributed by atoms with E-state index in [0.29, 0.717) is 12.1 Å². The normalized spacial score (nSPS) is 21.6. The van der Waals surface area contributed by atoms with Gasteiger partial charge in [0.1, 0.15) is 0 Å². The van der Waals surface area contributed by atoms with Crippen LogP contribution in [0.25, 0.3) is 22.2 Å². The molecule has 2 fully saturated rings. The van der Waals surface area contributed by atoms with Crippen LogP contribution in [0, 0.1) is 0 Å². The highest BCUT2D eigenvalue weighted by Crippen LogP contribution is 2.37. The SMILES string of the molecule is CN1[C@@H]2CC[C@H]1C[C@@H](NC(=O)c1c(-c3ccccc3)n(Cc3ccccc3)c3ccccc13)C2.Cl. The standard InChI is InChI=1S/C30H31N3O.ClH/c1-32-24-16-17-25(32)19-23(18-24)31-30(34)28-26-14-8-9-15-27(26)33(20-21-10-4-2-5-11-21)29(28)22-12-6-3-7-13-22;/h2-15,23-25H,16-20H2,1H3,(H,31,34);1H/t23-,24+,25-;. The Kier molecular flexibility index (Phi) is 6.68. The number of hydrogen-bond acceptors (Lipinski definition) is 2. The van der Waals surface area contributed by atoms with Crippen LogP contribution in [-0.4, -0.2) is 40.5 Å². The number of nitrogens with one attached hydrogen (secondary N) is 1. The molecule has 5 heteroatoms. The third-order valence-electron chi connectivity index (χ3n) is 7.86. The lowest BCUT2D eigenvalue weighted by Gasteiger charge is -2.36. The molecule has 180 valence electrons. The van der Waals surface area contributed by atoms with Crippen molar-refractivity contribution in [2.45, 2.75) is 50.4 Å². The maximum Gasteiger partial charge on any atom is 0.254 e. The molecule has 0 spiro atoms. The minimum absolute atomic E-state index is 0. The molecule has 0 radical (unpaired) electrons. The first-order valence-electron chi connectivity index (χ1n) is 12.4. The Morgan fingerprint density at radius 3 is 2.14 bits per heavy atom. The molecule has 1 N–H and O–H groups in total. The number of nitrogens with zero attached hydrogens (tertiary/aromatic N) is 2. The van der Waals surface area contributed by atoms with E-state index in [1.54, 1.807) is 0 Å². The van der Waals surface area contributed by atoms with Gasteiger partial charge in [-0.15, -0.1) is 12.4 Å². The van der Waals surface area contributed by atoms with Crippen molar-refractivity contribution in [2.24, 2.45) is 0 Å². The molecule has 2 saturated heterocycles. The lowest BCUT2D eigenvalue weighted by atomic mass is 9.97. The number of benzene rings is 3. The molecule has 0 unspecified atom stereocenters. The lowest BCUT2D eigenvalue weighted by molar-refractivity contribution is 0.0884. The molecule has 3 heterocycles. The third kappa shape index (κ3) is 4.37. The van der Waals surface area contributed by atoms with E-state index in [-0.39, 0.29) is 24.4 Å². The Bertz CT molecular complexity index is 1300. The van der Waals surface area contributed by atoms with Gasteiger partial charge in [-0.1, -0.05) is 78.9 Å². The zero-order valence-electron chi connectivity index (χ0n) is 20.1. The first-order chi connectivity index (χ1) is 16.7. The second-order valence-electron chi connectivity index (χ2n) is 9.87. The molecular weight excluding hydrogens is 454 g/mol. The van der Waals surface area contributed by atoms with Gasteiger partial charge in [-0.2, -0.15) is 0 Å². The van der Waals surface area contributed by atoms with Crippen LogP contribution in [0.4, 0.5) is 0 Å². The molecule has 1 aromatic heterocycles.